The highest BCUT2D eigenvalue weighted by atomic mass is 35.5. The van der Waals surface area contributed by atoms with Crippen LogP contribution >= 0.6 is 23.2 Å². The van der Waals surface area contributed by atoms with E-state index in [4.69, 9.17) is 23.2 Å². The molecule has 1 heterocycles. The second kappa shape index (κ2) is 7.01. The summed E-state index contributed by atoms with van der Waals surface area (Å²) >= 11 is 12.4. The molecular formula is C16H19Cl2N3. The lowest BCUT2D eigenvalue weighted by Crippen LogP contribution is -2.19. The Hall–Kier alpha value is -1.45. The molecule has 112 valence electrons. The summed E-state index contributed by atoms with van der Waals surface area (Å²) in [5.74, 6) is 1.38. The van der Waals surface area contributed by atoms with Crippen molar-refractivity contribution in [3.8, 4) is 0 Å². The standard InChI is InChI=1S/C16H19Cl2N3/c1-4-19-15-13(17)9-14(18)16(20-15)21(3)10-12-7-5-11(2)6-8-12/h5-9H,4,10H2,1-3H3,(H,19,20). The number of halogens is 2. The number of pyridine rings is 1. The van der Waals surface area contributed by atoms with Crippen molar-refractivity contribution < 1.29 is 0 Å². The number of hydrogen-bond acceptors (Lipinski definition) is 3. The van der Waals surface area contributed by atoms with Crippen LogP contribution in [0.15, 0.2) is 30.3 Å². The number of aromatic nitrogens is 1. The van der Waals surface area contributed by atoms with Gasteiger partial charge < -0.3 is 10.2 Å². The lowest BCUT2D eigenvalue weighted by Gasteiger charge is -2.21. The first-order valence-corrected chi connectivity index (χ1v) is 7.63. The Morgan fingerprint density at radius 3 is 2.43 bits per heavy atom. The van der Waals surface area contributed by atoms with Crippen LogP contribution in [0.3, 0.4) is 0 Å². The summed E-state index contributed by atoms with van der Waals surface area (Å²) in [4.78, 5) is 6.54. The predicted molar refractivity (Wildman–Crippen MR) is 91.7 cm³/mol. The van der Waals surface area contributed by atoms with Gasteiger partial charge in [0.15, 0.2) is 0 Å². The Labute approximate surface area is 135 Å². The van der Waals surface area contributed by atoms with E-state index in [9.17, 15) is 0 Å². The van der Waals surface area contributed by atoms with Gasteiger partial charge in [-0.3, -0.25) is 0 Å². The lowest BCUT2D eigenvalue weighted by molar-refractivity contribution is 0.897. The second-order valence-corrected chi connectivity index (χ2v) is 5.81. The Balaban J connectivity index is 2.23. The molecule has 0 saturated heterocycles. The van der Waals surface area contributed by atoms with Gasteiger partial charge in [0.05, 0.1) is 10.0 Å². The van der Waals surface area contributed by atoms with Crippen molar-refractivity contribution in [1.29, 1.82) is 0 Å². The van der Waals surface area contributed by atoms with Crippen molar-refractivity contribution >= 4 is 34.8 Å². The zero-order chi connectivity index (χ0) is 15.4. The number of nitrogens with one attached hydrogen (secondary N) is 1. The highest BCUT2D eigenvalue weighted by Crippen LogP contribution is 2.31. The average molecular weight is 324 g/mol. The third-order valence-corrected chi connectivity index (χ3v) is 3.72. The van der Waals surface area contributed by atoms with Crippen molar-refractivity contribution in [1.82, 2.24) is 4.98 Å². The molecule has 0 fully saturated rings. The second-order valence-electron chi connectivity index (χ2n) is 5.00. The van der Waals surface area contributed by atoms with Crippen molar-refractivity contribution in [2.75, 3.05) is 23.8 Å². The molecule has 2 rings (SSSR count). The Morgan fingerprint density at radius 2 is 1.81 bits per heavy atom. The van der Waals surface area contributed by atoms with Gasteiger partial charge in [-0.15, -0.1) is 0 Å². The quantitative estimate of drug-likeness (QED) is 0.859. The van der Waals surface area contributed by atoms with Crippen LogP contribution < -0.4 is 10.2 Å². The molecule has 1 N–H and O–H groups in total. The van der Waals surface area contributed by atoms with Gasteiger partial charge in [-0.1, -0.05) is 53.0 Å². The number of benzene rings is 1. The first-order valence-electron chi connectivity index (χ1n) is 6.88. The Kier molecular flexibility index (Phi) is 5.32. The van der Waals surface area contributed by atoms with Crippen LogP contribution in [0.25, 0.3) is 0 Å². The summed E-state index contributed by atoms with van der Waals surface area (Å²) in [6, 6.07) is 10.2. The third-order valence-electron chi connectivity index (χ3n) is 3.16. The number of nitrogens with zero attached hydrogens (tertiary/aromatic N) is 2. The maximum absolute atomic E-state index is 6.27. The fraction of sp³-hybridized carbons (Fsp3) is 0.312. The van der Waals surface area contributed by atoms with E-state index in [0.29, 0.717) is 15.9 Å². The van der Waals surface area contributed by atoms with Crippen LogP contribution in [0.5, 0.6) is 0 Å². The topological polar surface area (TPSA) is 28.2 Å². The SMILES string of the molecule is CCNc1nc(N(C)Cc2ccc(C)cc2)c(Cl)cc1Cl. The van der Waals surface area contributed by atoms with Crippen molar-refractivity contribution in [2.45, 2.75) is 20.4 Å². The summed E-state index contributed by atoms with van der Waals surface area (Å²) < 4.78 is 0. The van der Waals surface area contributed by atoms with E-state index in [1.807, 2.05) is 18.9 Å². The largest absolute Gasteiger partial charge is 0.369 e. The van der Waals surface area contributed by atoms with Crippen LogP contribution in [0.1, 0.15) is 18.1 Å². The molecule has 0 aliphatic heterocycles. The number of aryl methyl sites for hydroxylation is 1. The minimum Gasteiger partial charge on any atom is -0.369 e. The average Bonchev–Trinajstić information content (AvgIpc) is 2.44. The molecule has 1 aromatic carbocycles. The molecule has 2 aromatic rings. The van der Waals surface area contributed by atoms with E-state index in [0.717, 1.165) is 18.9 Å². The van der Waals surface area contributed by atoms with E-state index >= 15 is 0 Å². The lowest BCUT2D eigenvalue weighted by atomic mass is 10.1. The van der Waals surface area contributed by atoms with Crippen molar-refractivity contribution in [3.63, 3.8) is 0 Å². The van der Waals surface area contributed by atoms with Crippen LogP contribution in [-0.4, -0.2) is 18.6 Å². The summed E-state index contributed by atoms with van der Waals surface area (Å²) in [5, 5.41) is 4.23. The van der Waals surface area contributed by atoms with Gasteiger partial charge in [0.1, 0.15) is 11.6 Å². The molecule has 3 nitrogen and oxygen atoms in total. The minimum atomic E-state index is 0.536. The molecule has 0 atom stereocenters. The van der Waals surface area contributed by atoms with Gasteiger partial charge in [-0.25, -0.2) is 4.98 Å². The van der Waals surface area contributed by atoms with E-state index in [2.05, 4.69) is 41.5 Å². The minimum absolute atomic E-state index is 0.536. The summed E-state index contributed by atoms with van der Waals surface area (Å²) in [6.07, 6.45) is 0. The first-order chi connectivity index (χ1) is 10.0. The van der Waals surface area contributed by atoms with Gasteiger partial charge >= 0.3 is 0 Å². The summed E-state index contributed by atoms with van der Waals surface area (Å²) in [6.45, 7) is 5.58. The molecule has 1 aromatic heterocycles. The summed E-state index contributed by atoms with van der Waals surface area (Å²) in [7, 11) is 1.97. The maximum atomic E-state index is 6.27. The molecule has 21 heavy (non-hydrogen) atoms. The highest BCUT2D eigenvalue weighted by Gasteiger charge is 2.13. The van der Waals surface area contributed by atoms with Gasteiger partial charge in [-0.05, 0) is 25.5 Å². The van der Waals surface area contributed by atoms with Crippen molar-refractivity contribution in [2.24, 2.45) is 0 Å². The molecular weight excluding hydrogens is 305 g/mol. The molecule has 0 unspecified atom stereocenters. The summed E-state index contributed by atoms with van der Waals surface area (Å²) in [5.41, 5.74) is 2.46. The van der Waals surface area contributed by atoms with E-state index in [-0.39, 0.29) is 0 Å². The molecule has 0 spiro atoms. The van der Waals surface area contributed by atoms with Crippen LogP contribution in [0.4, 0.5) is 11.6 Å². The van der Waals surface area contributed by atoms with Gasteiger partial charge in [0.2, 0.25) is 0 Å². The van der Waals surface area contributed by atoms with Crippen molar-refractivity contribution in [3.05, 3.63) is 51.5 Å². The fourth-order valence-electron chi connectivity index (χ4n) is 2.06. The van der Waals surface area contributed by atoms with E-state index in [1.165, 1.54) is 11.1 Å². The normalized spacial score (nSPS) is 10.5. The number of hydrogen-bond donors (Lipinski definition) is 1. The number of anilines is 2. The van der Waals surface area contributed by atoms with Crippen LogP contribution in [0.2, 0.25) is 10.0 Å². The van der Waals surface area contributed by atoms with Crippen LogP contribution in [0, 0.1) is 6.92 Å². The Morgan fingerprint density at radius 1 is 1.14 bits per heavy atom. The zero-order valence-corrected chi connectivity index (χ0v) is 14.0. The fourth-order valence-corrected chi connectivity index (χ4v) is 2.63. The molecule has 0 bridgehead atoms. The monoisotopic (exact) mass is 323 g/mol. The van der Waals surface area contributed by atoms with Gasteiger partial charge in [-0.2, -0.15) is 0 Å². The van der Waals surface area contributed by atoms with Crippen LogP contribution in [-0.2, 0) is 6.54 Å². The van der Waals surface area contributed by atoms with Gasteiger partial charge in [0, 0.05) is 20.1 Å². The maximum Gasteiger partial charge on any atom is 0.149 e. The van der Waals surface area contributed by atoms with E-state index in [1.54, 1.807) is 6.07 Å². The molecule has 5 heteroatoms. The predicted octanol–water partition coefficient (Wildman–Crippen LogP) is 4.77. The zero-order valence-electron chi connectivity index (χ0n) is 12.5. The molecule has 0 amide bonds. The first kappa shape index (κ1) is 15.9. The third kappa shape index (κ3) is 4.02. The molecule has 0 radical (unpaired) electrons. The smallest absolute Gasteiger partial charge is 0.149 e. The Bertz CT molecular complexity index is 612. The molecule has 0 aliphatic rings. The molecule has 0 aliphatic carbocycles. The number of rotatable bonds is 5. The molecule has 0 saturated carbocycles. The van der Waals surface area contributed by atoms with E-state index < -0.39 is 0 Å². The highest BCUT2D eigenvalue weighted by molar-refractivity contribution is 6.37. The van der Waals surface area contributed by atoms with Gasteiger partial charge in [0.25, 0.3) is 0 Å².